The van der Waals surface area contributed by atoms with Crippen molar-refractivity contribution in [3.63, 3.8) is 0 Å². The number of hydrogen-bond donors (Lipinski definition) is 2. The largest absolute Gasteiger partial charge is 0.397 e. The maximum absolute atomic E-state index is 11.9. The van der Waals surface area contributed by atoms with E-state index in [4.69, 9.17) is 5.73 Å². The van der Waals surface area contributed by atoms with E-state index < -0.39 is 10.0 Å². The van der Waals surface area contributed by atoms with E-state index in [1.165, 1.54) is 0 Å². The average molecular weight is 270 g/mol. The number of sulfonamides is 1. The zero-order chi connectivity index (χ0) is 14.0. The molecule has 18 heavy (non-hydrogen) atoms. The summed E-state index contributed by atoms with van der Waals surface area (Å²) < 4.78 is 26.4. The van der Waals surface area contributed by atoms with Gasteiger partial charge in [0, 0.05) is 0 Å². The minimum atomic E-state index is -3.33. The van der Waals surface area contributed by atoms with Gasteiger partial charge >= 0.3 is 0 Å². The molecule has 1 aromatic carbocycles. The summed E-state index contributed by atoms with van der Waals surface area (Å²) in [7, 11) is -3.33. The van der Waals surface area contributed by atoms with Gasteiger partial charge in [0.15, 0.2) is 0 Å². The van der Waals surface area contributed by atoms with Crippen molar-refractivity contribution in [2.24, 2.45) is 5.41 Å². The Hall–Kier alpha value is -1.23. The molecule has 5 heteroatoms. The van der Waals surface area contributed by atoms with Gasteiger partial charge in [0.2, 0.25) is 10.0 Å². The molecular formula is C13H22N2O2S. The number of hydrogen-bond acceptors (Lipinski definition) is 3. The lowest BCUT2D eigenvalue weighted by Gasteiger charge is -2.18. The third-order valence-electron chi connectivity index (χ3n) is 2.59. The van der Waals surface area contributed by atoms with Crippen molar-refractivity contribution in [3.8, 4) is 0 Å². The minimum absolute atomic E-state index is 0.00638. The van der Waals surface area contributed by atoms with Gasteiger partial charge in [-0.2, -0.15) is 0 Å². The molecule has 0 spiro atoms. The maximum Gasteiger partial charge on any atom is 0.232 e. The molecule has 1 rings (SSSR count). The van der Waals surface area contributed by atoms with Crippen molar-refractivity contribution < 1.29 is 8.42 Å². The monoisotopic (exact) mass is 270 g/mol. The Balaban J connectivity index is 2.77. The third-order valence-corrected chi connectivity index (χ3v) is 3.87. The Morgan fingerprint density at radius 3 is 2.39 bits per heavy atom. The molecule has 0 aliphatic heterocycles. The van der Waals surface area contributed by atoms with Gasteiger partial charge in [0.1, 0.15) is 0 Å². The summed E-state index contributed by atoms with van der Waals surface area (Å²) in [6.45, 7) is 7.96. The average Bonchev–Trinajstić information content (AvgIpc) is 2.19. The normalized spacial score (nSPS) is 12.4. The summed E-state index contributed by atoms with van der Waals surface area (Å²) in [4.78, 5) is 0. The Morgan fingerprint density at radius 2 is 1.89 bits per heavy atom. The molecule has 0 fully saturated rings. The molecule has 1 aromatic rings. The van der Waals surface area contributed by atoms with Crippen molar-refractivity contribution >= 4 is 21.4 Å². The quantitative estimate of drug-likeness (QED) is 0.826. The van der Waals surface area contributed by atoms with Gasteiger partial charge in [-0.3, -0.25) is 4.72 Å². The van der Waals surface area contributed by atoms with Gasteiger partial charge < -0.3 is 5.73 Å². The molecule has 0 amide bonds. The molecule has 0 bridgehead atoms. The molecule has 0 atom stereocenters. The van der Waals surface area contributed by atoms with E-state index in [0.29, 0.717) is 17.8 Å². The zero-order valence-corrected chi connectivity index (χ0v) is 12.3. The molecule has 3 N–H and O–H groups in total. The van der Waals surface area contributed by atoms with Crippen LogP contribution in [-0.4, -0.2) is 14.2 Å². The molecule has 0 aliphatic rings. The molecule has 0 aliphatic carbocycles. The number of anilines is 2. The first-order valence-corrected chi connectivity index (χ1v) is 7.61. The van der Waals surface area contributed by atoms with Crippen molar-refractivity contribution in [3.05, 3.63) is 23.8 Å². The first-order valence-electron chi connectivity index (χ1n) is 5.96. The molecule has 0 saturated carbocycles. The lowest BCUT2D eigenvalue weighted by Crippen LogP contribution is -2.21. The van der Waals surface area contributed by atoms with Crippen molar-refractivity contribution in [2.45, 2.75) is 34.1 Å². The summed E-state index contributed by atoms with van der Waals surface area (Å²) in [6.07, 6.45) is 0.605. The highest BCUT2D eigenvalue weighted by Gasteiger charge is 2.18. The fraction of sp³-hybridized carbons (Fsp3) is 0.538. The van der Waals surface area contributed by atoms with Gasteiger partial charge in [-0.05, 0) is 36.5 Å². The summed E-state index contributed by atoms with van der Waals surface area (Å²) >= 11 is 0. The first-order chi connectivity index (χ1) is 8.09. The zero-order valence-electron chi connectivity index (χ0n) is 11.4. The molecule has 0 heterocycles. The number of benzene rings is 1. The molecule has 0 aromatic heterocycles. The van der Waals surface area contributed by atoms with E-state index in [0.717, 1.165) is 5.56 Å². The Morgan fingerprint density at radius 1 is 1.28 bits per heavy atom. The van der Waals surface area contributed by atoms with Crippen LogP contribution in [0.3, 0.4) is 0 Å². The Kier molecular flexibility index (Phi) is 4.27. The predicted molar refractivity (Wildman–Crippen MR) is 77.1 cm³/mol. The lowest BCUT2D eigenvalue weighted by molar-refractivity contribution is 0.397. The van der Waals surface area contributed by atoms with Crippen LogP contribution in [0, 0.1) is 12.3 Å². The van der Waals surface area contributed by atoms with E-state index in [9.17, 15) is 8.42 Å². The summed E-state index contributed by atoms with van der Waals surface area (Å²) in [5.74, 6) is 0.101. The maximum atomic E-state index is 11.9. The number of rotatable bonds is 4. The Bertz CT molecular complexity index is 516. The molecule has 0 unspecified atom stereocenters. The highest BCUT2D eigenvalue weighted by Crippen LogP contribution is 2.23. The first kappa shape index (κ1) is 14.8. The number of aryl methyl sites for hydroxylation is 1. The Labute approximate surface area is 110 Å². The fourth-order valence-electron chi connectivity index (χ4n) is 1.43. The number of nitrogens with two attached hydrogens (primary N) is 1. The second-order valence-corrected chi connectivity index (χ2v) is 7.66. The van der Waals surface area contributed by atoms with Crippen molar-refractivity contribution in [2.75, 3.05) is 16.2 Å². The summed E-state index contributed by atoms with van der Waals surface area (Å²) in [6, 6.07) is 5.28. The molecule has 102 valence electrons. The molecule has 4 nitrogen and oxygen atoms in total. The van der Waals surface area contributed by atoms with Crippen LogP contribution in [0.2, 0.25) is 0 Å². The van der Waals surface area contributed by atoms with Crippen LogP contribution in [0.25, 0.3) is 0 Å². The third kappa shape index (κ3) is 4.96. The SMILES string of the molecule is Cc1ccc(NS(=O)(=O)CCC(C)(C)C)c(N)c1. The van der Waals surface area contributed by atoms with Gasteiger partial charge in [0.05, 0.1) is 17.1 Å². The standard InChI is InChI=1S/C13H22N2O2S/c1-10-5-6-12(11(14)9-10)15-18(16,17)8-7-13(2,3)4/h5-6,9,15H,7-8,14H2,1-4H3. The van der Waals surface area contributed by atoms with Crippen LogP contribution < -0.4 is 10.5 Å². The van der Waals surface area contributed by atoms with E-state index in [-0.39, 0.29) is 11.2 Å². The van der Waals surface area contributed by atoms with E-state index in [1.807, 2.05) is 33.8 Å². The van der Waals surface area contributed by atoms with E-state index >= 15 is 0 Å². The molecule has 0 saturated heterocycles. The second-order valence-electron chi connectivity index (χ2n) is 5.82. The summed E-state index contributed by atoms with van der Waals surface area (Å²) in [5.41, 5.74) is 7.69. The van der Waals surface area contributed by atoms with Gasteiger partial charge in [-0.15, -0.1) is 0 Å². The highest BCUT2D eigenvalue weighted by atomic mass is 32.2. The lowest BCUT2D eigenvalue weighted by atomic mass is 9.94. The molecule has 0 radical (unpaired) electrons. The van der Waals surface area contributed by atoms with Gasteiger partial charge in [-0.1, -0.05) is 26.8 Å². The molecular weight excluding hydrogens is 248 g/mol. The van der Waals surface area contributed by atoms with Crippen molar-refractivity contribution in [1.82, 2.24) is 0 Å². The second kappa shape index (κ2) is 5.18. The highest BCUT2D eigenvalue weighted by molar-refractivity contribution is 7.92. The van der Waals surface area contributed by atoms with Gasteiger partial charge in [0.25, 0.3) is 0 Å². The van der Waals surface area contributed by atoms with Crippen LogP contribution >= 0.6 is 0 Å². The van der Waals surface area contributed by atoms with E-state index in [2.05, 4.69) is 4.72 Å². The van der Waals surface area contributed by atoms with Crippen LogP contribution in [0.1, 0.15) is 32.8 Å². The minimum Gasteiger partial charge on any atom is -0.397 e. The number of nitrogens with one attached hydrogen (secondary N) is 1. The van der Waals surface area contributed by atoms with Crippen molar-refractivity contribution in [1.29, 1.82) is 0 Å². The fourth-order valence-corrected chi connectivity index (χ4v) is 2.94. The van der Waals surface area contributed by atoms with Crippen LogP contribution in [-0.2, 0) is 10.0 Å². The van der Waals surface area contributed by atoms with E-state index in [1.54, 1.807) is 12.1 Å². The topological polar surface area (TPSA) is 72.2 Å². The smallest absolute Gasteiger partial charge is 0.232 e. The predicted octanol–water partition coefficient (Wildman–Crippen LogP) is 2.76. The van der Waals surface area contributed by atoms with Gasteiger partial charge in [-0.25, -0.2) is 8.42 Å². The van der Waals surface area contributed by atoms with Crippen LogP contribution in [0.4, 0.5) is 11.4 Å². The van der Waals surface area contributed by atoms with Crippen LogP contribution in [0.15, 0.2) is 18.2 Å². The number of nitrogen functional groups attached to an aromatic ring is 1. The van der Waals surface area contributed by atoms with Crippen LogP contribution in [0.5, 0.6) is 0 Å². The summed E-state index contributed by atoms with van der Waals surface area (Å²) in [5, 5.41) is 0.